The molecule has 2 N–H and O–H groups in total. The highest BCUT2D eigenvalue weighted by atomic mass is 16.5. The van der Waals surface area contributed by atoms with E-state index in [1.807, 2.05) is 51.1 Å². The summed E-state index contributed by atoms with van der Waals surface area (Å²) in [6, 6.07) is 9.68. The van der Waals surface area contributed by atoms with Crippen LogP contribution in [0.3, 0.4) is 0 Å². The number of carbonyl (C=O) groups is 1. The molecule has 6 nitrogen and oxygen atoms in total. The summed E-state index contributed by atoms with van der Waals surface area (Å²) in [6.45, 7) is 6.75. The van der Waals surface area contributed by atoms with Crippen LogP contribution in [0.5, 0.6) is 5.75 Å². The van der Waals surface area contributed by atoms with Crippen LogP contribution < -0.4 is 10.6 Å². The van der Waals surface area contributed by atoms with Crippen molar-refractivity contribution in [1.82, 2.24) is 9.66 Å². The van der Waals surface area contributed by atoms with Crippen molar-refractivity contribution < 1.29 is 14.3 Å². The number of aromatic nitrogens is 2. The summed E-state index contributed by atoms with van der Waals surface area (Å²) in [5, 5.41) is 0. The third kappa shape index (κ3) is 5.23. The Hall–Kier alpha value is -3.12. The fourth-order valence-electron chi connectivity index (χ4n) is 2.93. The Kier molecular flexibility index (Phi) is 9.09. The highest BCUT2D eigenvalue weighted by Crippen LogP contribution is 2.38. The first-order chi connectivity index (χ1) is 13.5. The van der Waals surface area contributed by atoms with Gasteiger partial charge in [0.05, 0.1) is 12.8 Å². The summed E-state index contributed by atoms with van der Waals surface area (Å²) in [4.78, 5) is 16.0. The van der Waals surface area contributed by atoms with Crippen LogP contribution in [0.1, 0.15) is 36.0 Å². The number of hydrogen-bond acceptors (Lipinski definition) is 5. The summed E-state index contributed by atoms with van der Waals surface area (Å²) in [7, 11) is 3.32. The molecule has 0 radical (unpaired) electrons. The molecule has 0 saturated carbocycles. The molecule has 0 aliphatic heterocycles. The van der Waals surface area contributed by atoms with Gasteiger partial charge in [0, 0.05) is 37.2 Å². The predicted molar refractivity (Wildman–Crippen MR) is 119 cm³/mol. The molecule has 0 amide bonds. The van der Waals surface area contributed by atoms with Crippen molar-refractivity contribution in [3.63, 3.8) is 0 Å². The van der Waals surface area contributed by atoms with E-state index in [9.17, 15) is 4.79 Å². The maximum absolute atomic E-state index is 11.6. The Morgan fingerprint density at radius 1 is 1.17 bits per heavy atom. The quantitative estimate of drug-likeness (QED) is 0.500. The van der Waals surface area contributed by atoms with Crippen LogP contribution in [-0.4, -0.2) is 36.8 Å². The van der Waals surface area contributed by atoms with E-state index in [-0.39, 0.29) is 7.43 Å². The second-order valence-corrected chi connectivity index (χ2v) is 6.26. The molecule has 2 aromatic heterocycles. The van der Waals surface area contributed by atoms with Gasteiger partial charge in [0.25, 0.3) is 0 Å². The minimum atomic E-state index is 0. The zero-order valence-electron chi connectivity index (χ0n) is 17.0. The Labute approximate surface area is 173 Å². The number of nitrogens with zero attached hydrogens (tertiary/aromatic N) is 2. The zero-order chi connectivity index (χ0) is 20.7. The van der Waals surface area contributed by atoms with E-state index in [4.69, 9.17) is 10.6 Å². The summed E-state index contributed by atoms with van der Waals surface area (Å²) in [5.74, 6) is 6.80. The Balaban J connectivity index is 0.000000771. The number of benzene rings is 1. The molecule has 0 unspecified atom stereocenters. The number of hydrogen-bond donors (Lipinski definition) is 1. The van der Waals surface area contributed by atoms with Gasteiger partial charge in [-0.3, -0.25) is 14.5 Å². The normalized spacial score (nSPS) is 9.83. The Morgan fingerprint density at radius 2 is 1.86 bits per heavy atom. The number of nitrogens with two attached hydrogens (primary N) is 1. The first-order valence-electron chi connectivity index (χ1n) is 8.99. The fraction of sp³-hybridized carbons (Fsp3) is 0.304. The van der Waals surface area contributed by atoms with Crippen LogP contribution in [0, 0.1) is 13.8 Å². The average Bonchev–Trinajstić information content (AvgIpc) is 3.04. The van der Waals surface area contributed by atoms with Gasteiger partial charge in [-0.25, -0.2) is 0 Å². The number of methoxy groups -OCH3 is 2. The van der Waals surface area contributed by atoms with E-state index in [0.717, 1.165) is 52.2 Å². The lowest BCUT2D eigenvalue weighted by molar-refractivity contribution is 0.111. The molecule has 0 aliphatic rings. The van der Waals surface area contributed by atoms with Crippen molar-refractivity contribution in [2.45, 2.75) is 28.2 Å². The van der Waals surface area contributed by atoms with Gasteiger partial charge in [-0.1, -0.05) is 19.6 Å². The van der Waals surface area contributed by atoms with Crippen molar-refractivity contribution in [2.24, 2.45) is 0 Å². The molecule has 6 heteroatoms. The van der Waals surface area contributed by atoms with E-state index < -0.39 is 0 Å². The minimum absolute atomic E-state index is 0. The van der Waals surface area contributed by atoms with Crippen LogP contribution in [0.15, 0.2) is 42.7 Å². The van der Waals surface area contributed by atoms with Crippen LogP contribution in [0.2, 0.25) is 0 Å². The SMILES string of the molecule is C.CCOC.COc1cccc(-c2cn(N)c(C=O)c2-c2cc(C)ccn2)c1C. The van der Waals surface area contributed by atoms with Gasteiger partial charge in [-0.15, -0.1) is 0 Å². The summed E-state index contributed by atoms with van der Waals surface area (Å²) >= 11 is 0. The monoisotopic (exact) mass is 397 g/mol. The van der Waals surface area contributed by atoms with Crippen molar-refractivity contribution in [3.05, 3.63) is 59.5 Å². The van der Waals surface area contributed by atoms with Gasteiger partial charge in [0.1, 0.15) is 11.4 Å². The van der Waals surface area contributed by atoms with Crippen molar-refractivity contribution in [1.29, 1.82) is 0 Å². The lowest BCUT2D eigenvalue weighted by Gasteiger charge is -2.11. The van der Waals surface area contributed by atoms with E-state index in [1.54, 1.807) is 26.6 Å². The van der Waals surface area contributed by atoms with E-state index in [2.05, 4.69) is 9.72 Å². The molecular formula is C23H31N3O3. The second kappa shape index (κ2) is 11.0. The molecular weight excluding hydrogens is 366 g/mol. The van der Waals surface area contributed by atoms with Gasteiger partial charge < -0.3 is 15.3 Å². The van der Waals surface area contributed by atoms with Crippen LogP contribution in [0.25, 0.3) is 22.4 Å². The Bertz CT molecular complexity index is 947. The summed E-state index contributed by atoms with van der Waals surface area (Å²) in [6.07, 6.45) is 4.25. The molecule has 0 aliphatic carbocycles. The van der Waals surface area contributed by atoms with Gasteiger partial charge in [0.2, 0.25) is 0 Å². The summed E-state index contributed by atoms with van der Waals surface area (Å²) in [5.41, 5.74) is 5.71. The first-order valence-corrected chi connectivity index (χ1v) is 8.99. The predicted octanol–water partition coefficient (Wildman–Crippen LogP) is 4.66. The fourth-order valence-corrected chi connectivity index (χ4v) is 2.93. The van der Waals surface area contributed by atoms with E-state index in [0.29, 0.717) is 5.69 Å². The second-order valence-electron chi connectivity index (χ2n) is 6.26. The number of carbonyl (C=O) groups excluding carboxylic acids is 1. The van der Waals surface area contributed by atoms with Gasteiger partial charge in [-0.2, -0.15) is 0 Å². The zero-order valence-corrected chi connectivity index (χ0v) is 17.0. The lowest BCUT2D eigenvalue weighted by atomic mass is 9.96. The van der Waals surface area contributed by atoms with E-state index >= 15 is 0 Å². The Morgan fingerprint density at radius 3 is 2.41 bits per heavy atom. The maximum Gasteiger partial charge on any atom is 0.169 e. The minimum Gasteiger partial charge on any atom is -0.496 e. The molecule has 29 heavy (non-hydrogen) atoms. The maximum atomic E-state index is 11.6. The highest BCUT2D eigenvalue weighted by Gasteiger charge is 2.20. The van der Waals surface area contributed by atoms with Crippen LogP contribution in [-0.2, 0) is 4.74 Å². The molecule has 0 fully saturated rings. The lowest BCUT2D eigenvalue weighted by Crippen LogP contribution is -2.10. The largest absolute Gasteiger partial charge is 0.496 e. The van der Waals surface area contributed by atoms with Gasteiger partial charge in [-0.05, 0) is 55.7 Å². The topological polar surface area (TPSA) is 79.4 Å². The molecule has 0 spiro atoms. The molecule has 3 rings (SSSR count). The third-order valence-electron chi connectivity index (χ3n) is 4.44. The number of aryl methyl sites for hydroxylation is 1. The van der Waals surface area contributed by atoms with E-state index in [1.165, 1.54) is 4.68 Å². The summed E-state index contributed by atoms with van der Waals surface area (Å²) < 4.78 is 11.3. The molecule has 0 bridgehead atoms. The van der Waals surface area contributed by atoms with Crippen molar-refractivity contribution >= 4 is 6.29 Å². The average molecular weight is 398 g/mol. The molecule has 3 aromatic rings. The molecule has 2 heterocycles. The van der Waals surface area contributed by atoms with Gasteiger partial charge in [0.15, 0.2) is 6.29 Å². The van der Waals surface area contributed by atoms with Crippen molar-refractivity contribution in [2.75, 3.05) is 26.7 Å². The smallest absolute Gasteiger partial charge is 0.169 e. The third-order valence-corrected chi connectivity index (χ3v) is 4.44. The van der Waals surface area contributed by atoms with Gasteiger partial charge >= 0.3 is 0 Å². The standard InChI is InChI=1S/C19H19N3O2.C3H8O.CH4/c1-12-7-8-21-16(9-12)19-15(10-22(20)17(19)11-23)14-5-4-6-18(24-3)13(14)2;1-3-4-2;/h4-11H,20H2,1-3H3;3H2,1-2H3;1H4. The first kappa shape index (κ1) is 23.9. The highest BCUT2D eigenvalue weighted by molar-refractivity contribution is 5.95. The molecule has 1 aromatic carbocycles. The number of nitrogen functional groups attached to an aromatic ring is 1. The van der Waals surface area contributed by atoms with Crippen molar-refractivity contribution in [3.8, 4) is 28.1 Å². The molecule has 0 saturated heterocycles. The number of ether oxygens (including phenoxy) is 2. The molecule has 0 atom stereocenters. The number of aldehydes is 1. The molecule has 156 valence electrons. The number of rotatable bonds is 5. The number of pyridine rings is 1. The van der Waals surface area contributed by atoms with Crippen LogP contribution in [0.4, 0.5) is 0 Å². The van der Waals surface area contributed by atoms with Crippen LogP contribution >= 0.6 is 0 Å².